The minimum absolute atomic E-state index is 0.296. The summed E-state index contributed by atoms with van der Waals surface area (Å²) in [6.45, 7) is 6.18. The number of para-hydroxylation sites is 1. The first-order valence-electron chi connectivity index (χ1n) is 9.19. The lowest BCUT2D eigenvalue weighted by atomic mass is 9.86. The summed E-state index contributed by atoms with van der Waals surface area (Å²) in [7, 11) is 1.32. The standard InChI is InChI=1S/C22H25N3O3/c1-22(2,3)19(21(27)28-4)23-20(26)18-16-12-8-9-13-17(16)25(24-18)14-15-10-6-5-7-11-15/h5-13,19H,14H2,1-4H3,(H,23,26)/t19-/m1/s1. The Labute approximate surface area is 164 Å². The topological polar surface area (TPSA) is 73.2 Å². The quantitative estimate of drug-likeness (QED) is 0.690. The Balaban J connectivity index is 1.96. The van der Waals surface area contributed by atoms with Crippen LogP contribution >= 0.6 is 0 Å². The molecule has 1 N–H and O–H groups in total. The van der Waals surface area contributed by atoms with Crippen molar-refractivity contribution in [2.75, 3.05) is 7.11 Å². The zero-order valence-electron chi connectivity index (χ0n) is 16.6. The van der Waals surface area contributed by atoms with Crippen molar-refractivity contribution in [3.8, 4) is 0 Å². The van der Waals surface area contributed by atoms with E-state index in [9.17, 15) is 9.59 Å². The van der Waals surface area contributed by atoms with Gasteiger partial charge in [-0.3, -0.25) is 9.48 Å². The second-order valence-corrected chi connectivity index (χ2v) is 7.80. The van der Waals surface area contributed by atoms with Gasteiger partial charge in [0, 0.05) is 5.39 Å². The monoisotopic (exact) mass is 379 g/mol. The summed E-state index contributed by atoms with van der Waals surface area (Å²) >= 11 is 0. The molecule has 3 aromatic rings. The molecule has 2 aromatic carbocycles. The van der Waals surface area contributed by atoms with Gasteiger partial charge in [-0.25, -0.2) is 4.79 Å². The van der Waals surface area contributed by atoms with E-state index in [4.69, 9.17) is 4.74 Å². The molecule has 3 rings (SSSR count). The number of benzene rings is 2. The maximum Gasteiger partial charge on any atom is 0.328 e. The van der Waals surface area contributed by atoms with Crippen LogP contribution in [0.15, 0.2) is 54.6 Å². The number of ether oxygens (including phenoxy) is 1. The van der Waals surface area contributed by atoms with Crippen molar-refractivity contribution < 1.29 is 14.3 Å². The average Bonchev–Trinajstić information content (AvgIpc) is 3.04. The predicted octanol–water partition coefficient (Wildman–Crippen LogP) is 3.40. The van der Waals surface area contributed by atoms with Crippen molar-refractivity contribution >= 4 is 22.8 Å². The highest BCUT2D eigenvalue weighted by Gasteiger charge is 2.34. The summed E-state index contributed by atoms with van der Waals surface area (Å²) in [6, 6.07) is 16.7. The molecule has 0 aliphatic carbocycles. The van der Waals surface area contributed by atoms with Crippen LogP contribution in [0, 0.1) is 5.41 Å². The molecule has 0 saturated heterocycles. The summed E-state index contributed by atoms with van der Waals surface area (Å²) in [4.78, 5) is 25.2. The van der Waals surface area contributed by atoms with E-state index in [0.29, 0.717) is 12.2 Å². The fraction of sp³-hybridized carbons (Fsp3) is 0.318. The average molecular weight is 379 g/mol. The van der Waals surface area contributed by atoms with E-state index in [-0.39, 0.29) is 0 Å². The number of esters is 1. The summed E-state index contributed by atoms with van der Waals surface area (Å²) in [6.07, 6.45) is 0. The van der Waals surface area contributed by atoms with Crippen LogP contribution in [0.5, 0.6) is 0 Å². The Morgan fingerprint density at radius 1 is 1.07 bits per heavy atom. The number of nitrogens with zero attached hydrogens (tertiary/aromatic N) is 2. The molecule has 0 bridgehead atoms. The third kappa shape index (κ3) is 4.06. The van der Waals surface area contributed by atoms with Crippen LogP contribution in [-0.2, 0) is 16.1 Å². The van der Waals surface area contributed by atoms with Gasteiger partial charge in [0.1, 0.15) is 6.04 Å². The van der Waals surface area contributed by atoms with Gasteiger partial charge in [-0.05, 0) is 17.0 Å². The fourth-order valence-corrected chi connectivity index (χ4v) is 3.12. The molecular weight excluding hydrogens is 354 g/mol. The van der Waals surface area contributed by atoms with Crippen LogP contribution in [0.3, 0.4) is 0 Å². The first kappa shape index (κ1) is 19.6. The molecule has 6 nitrogen and oxygen atoms in total. The van der Waals surface area contributed by atoms with E-state index in [2.05, 4.69) is 10.4 Å². The molecule has 0 aliphatic heterocycles. The van der Waals surface area contributed by atoms with E-state index >= 15 is 0 Å². The Kier molecular flexibility index (Phi) is 5.49. The minimum Gasteiger partial charge on any atom is -0.467 e. The lowest BCUT2D eigenvalue weighted by Gasteiger charge is -2.28. The lowest BCUT2D eigenvalue weighted by molar-refractivity contribution is -0.145. The maximum atomic E-state index is 13.0. The van der Waals surface area contributed by atoms with Crippen molar-refractivity contribution in [2.24, 2.45) is 5.41 Å². The van der Waals surface area contributed by atoms with E-state index < -0.39 is 23.3 Å². The van der Waals surface area contributed by atoms with Crippen LogP contribution in [-0.4, -0.2) is 34.8 Å². The third-order valence-corrected chi connectivity index (χ3v) is 4.63. The third-order valence-electron chi connectivity index (χ3n) is 4.63. The van der Waals surface area contributed by atoms with E-state index in [1.807, 2.05) is 80.1 Å². The predicted molar refractivity (Wildman–Crippen MR) is 108 cm³/mol. The molecule has 0 radical (unpaired) electrons. The van der Waals surface area contributed by atoms with E-state index in [0.717, 1.165) is 16.5 Å². The molecule has 1 aromatic heterocycles. The highest BCUT2D eigenvalue weighted by atomic mass is 16.5. The largest absolute Gasteiger partial charge is 0.467 e. The normalized spacial score (nSPS) is 12.6. The Morgan fingerprint density at radius 3 is 2.36 bits per heavy atom. The van der Waals surface area contributed by atoms with E-state index in [1.54, 1.807) is 0 Å². The molecule has 146 valence electrons. The van der Waals surface area contributed by atoms with Gasteiger partial charge in [0.05, 0.1) is 19.2 Å². The van der Waals surface area contributed by atoms with Gasteiger partial charge in [0.25, 0.3) is 5.91 Å². The number of hydrogen-bond acceptors (Lipinski definition) is 4. The minimum atomic E-state index is -0.775. The Morgan fingerprint density at radius 2 is 1.71 bits per heavy atom. The van der Waals surface area contributed by atoms with Crippen molar-refractivity contribution in [3.05, 3.63) is 65.9 Å². The number of carbonyl (C=O) groups excluding carboxylic acids is 2. The second-order valence-electron chi connectivity index (χ2n) is 7.80. The molecular formula is C22H25N3O3. The fourth-order valence-electron chi connectivity index (χ4n) is 3.12. The lowest BCUT2D eigenvalue weighted by Crippen LogP contribution is -2.49. The molecule has 1 amide bonds. The molecule has 0 unspecified atom stereocenters. The molecule has 0 fully saturated rings. The molecule has 0 spiro atoms. The first-order valence-corrected chi connectivity index (χ1v) is 9.19. The van der Waals surface area contributed by atoms with Gasteiger partial charge in [-0.1, -0.05) is 69.3 Å². The highest BCUT2D eigenvalue weighted by Crippen LogP contribution is 2.23. The van der Waals surface area contributed by atoms with Gasteiger partial charge in [-0.15, -0.1) is 0 Å². The van der Waals surface area contributed by atoms with E-state index in [1.165, 1.54) is 7.11 Å². The number of nitrogens with one attached hydrogen (secondary N) is 1. The van der Waals surface area contributed by atoms with Gasteiger partial charge >= 0.3 is 5.97 Å². The summed E-state index contributed by atoms with van der Waals surface area (Å²) in [5, 5.41) is 8.11. The van der Waals surface area contributed by atoms with Crippen LogP contribution in [0.1, 0.15) is 36.8 Å². The van der Waals surface area contributed by atoms with Crippen LogP contribution < -0.4 is 5.32 Å². The van der Waals surface area contributed by atoms with Gasteiger partial charge in [-0.2, -0.15) is 5.10 Å². The summed E-state index contributed by atoms with van der Waals surface area (Å²) in [5.41, 5.74) is 1.75. The number of methoxy groups -OCH3 is 1. The number of fused-ring (bicyclic) bond motifs is 1. The van der Waals surface area contributed by atoms with Gasteiger partial charge in [0.15, 0.2) is 5.69 Å². The zero-order chi connectivity index (χ0) is 20.3. The van der Waals surface area contributed by atoms with Crippen molar-refractivity contribution in [1.29, 1.82) is 0 Å². The zero-order valence-corrected chi connectivity index (χ0v) is 16.6. The maximum absolute atomic E-state index is 13.0. The number of hydrogen-bond donors (Lipinski definition) is 1. The highest BCUT2D eigenvalue weighted by molar-refractivity contribution is 6.06. The number of aromatic nitrogens is 2. The molecule has 28 heavy (non-hydrogen) atoms. The molecule has 0 saturated carbocycles. The second kappa shape index (κ2) is 7.84. The number of carbonyl (C=O) groups is 2. The molecule has 1 heterocycles. The molecule has 1 atom stereocenters. The molecule has 0 aliphatic rings. The van der Waals surface area contributed by atoms with Crippen LogP contribution in [0.25, 0.3) is 10.9 Å². The molecule has 6 heteroatoms. The van der Waals surface area contributed by atoms with Crippen LogP contribution in [0.2, 0.25) is 0 Å². The number of amides is 1. The summed E-state index contributed by atoms with van der Waals surface area (Å²) in [5.74, 6) is -0.873. The van der Waals surface area contributed by atoms with Crippen molar-refractivity contribution in [3.63, 3.8) is 0 Å². The SMILES string of the molecule is COC(=O)[C@@H](NC(=O)c1nn(Cc2ccccc2)c2ccccc12)C(C)(C)C. The first-order chi connectivity index (χ1) is 13.3. The van der Waals surface area contributed by atoms with Crippen molar-refractivity contribution in [1.82, 2.24) is 15.1 Å². The smallest absolute Gasteiger partial charge is 0.328 e. The Hall–Kier alpha value is -3.15. The number of rotatable bonds is 5. The van der Waals surface area contributed by atoms with Gasteiger partial charge < -0.3 is 10.1 Å². The van der Waals surface area contributed by atoms with Gasteiger partial charge in [0.2, 0.25) is 0 Å². The van der Waals surface area contributed by atoms with Crippen LogP contribution in [0.4, 0.5) is 0 Å². The Bertz CT molecular complexity index is 987. The summed E-state index contributed by atoms with van der Waals surface area (Å²) < 4.78 is 6.68. The van der Waals surface area contributed by atoms with Crippen molar-refractivity contribution in [2.45, 2.75) is 33.4 Å².